The molecule has 0 saturated heterocycles. The normalized spacial score (nSPS) is 15.1. The minimum atomic E-state index is -0.406. The van der Waals surface area contributed by atoms with E-state index >= 15 is 0 Å². The third-order valence-corrected chi connectivity index (χ3v) is 7.18. The Kier molecular flexibility index (Phi) is 8.08. The van der Waals surface area contributed by atoms with E-state index in [2.05, 4.69) is 0 Å². The van der Waals surface area contributed by atoms with Gasteiger partial charge >= 0.3 is 0 Å². The molecule has 8 heteroatoms. The van der Waals surface area contributed by atoms with Gasteiger partial charge in [-0.25, -0.2) is 4.39 Å². The number of amides is 2. The van der Waals surface area contributed by atoms with E-state index in [0.717, 1.165) is 12.0 Å². The van der Waals surface area contributed by atoms with Crippen molar-refractivity contribution in [3.8, 4) is 5.75 Å². The number of nitrogens with zero attached hydrogens (tertiary/aromatic N) is 2. The molecule has 1 aromatic heterocycles. The first-order valence-corrected chi connectivity index (χ1v) is 12.9. The molecule has 35 heavy (non-hydrogen) atoms. The summed E-state index contributed by atoms with van der Waals surface area (Å²) in [5, 5.41) is 2.67. The highest BCUT2D eigenvalue weighted by molar-refractivity contribution is 7.10. The lowest BCUT2D eigenvalue weighted by Crippen LogP contribution is -2.48. The molecule has 5 nitrogen and oxygen atoms in total. The Bertz CT molecular complexity index is 1160. The van der Waals surface area contributed by atoms with Gasteiger partial charge in [0.1, 0.15) is 24.7 Å². The first kappa shape index (κ1) is 25.2. The Morgan fingerprint density at radius 2 is 1.86 bits per heavy atom. The van der Waals surface area contributed by atoms with Gasteiger partial charge in [-0.3, -0.25) is 9.59 Å². The molecule has 0 saturated carbocycles. The minimum Gasteiger partial charge on any atom is -0.491 e. The highest BCUT2D eigenvalue weighted by Crippen LogP contribution is 2.34. The fourth-order valence-corrected chi connectivity index (χ4v) is 5.32. The molecule has 2 aromatic carbocycles. The van der Waals surface area contributed by atoms with Crippen LogP contribution in [0.4, 0.5) is 4.39 Å². The zero-order valence-corrected chi connectivity index (χ0v) is 21.3. The highest BCUT2D eigenvalue weighted by Gasteiger charge is 2.33. The molecule has 0 N–H and O–H groups in total. The molecule has 184 valence electrons. The standard InChI is InChI=1S/C27H28ClFN2O3S/c1-18(2)15-30(27(33)19-3-7-21(29)8-4-19)16-26(32)31-13-11-25-23(12-14-35-25)24(31)17-34-22-9-5-20(28)6-10-22/h3-10,12,14,18,24H,11,13,15-17H2,1-2H3/t24-/m1/s1. The van der Waals surface area contributed by atoms with E-state index < -0.39 is 5.82 Å². The Morgan fingerprint density at radius 1 is 1.14 bits per heavy atom. The number of hydrogen-bond donors (Lipinski definition) is 0. The number of carbonyl (C=O) groups is 2. The lowest BCUT2D eigenvalue weighted by Gasteiger charge is -2.37. The number of halogens is 2. The van der Waals surface area contributed by atoms with E-state index in [4.69, 9.17) is 16.3 Å². The molecule has 0 spiro atoms. The Hall–Kier alpha value is -2.90. The van der Waals surface area contributed by atoms with E-state index in [1.54, 1.807) is 40.5 Å². The van der Waals surface area contributed by atoms with Gasteiger partial charge in [0.15, 0.2) is 0 Å². The molecular weight excluding hydrogens is 487 g/mol. The van der Waals surface area contributed by atoms with Crippen molar-refractivity contribution in [2.75, 3.05) is 26.2 Å². The van der Waals surface area contributed by atoms with Gasteiger partial charge in [0.25, 0.3) is 5.91 Å². The Morgan fingerprint density at radius 3 is 2.54 bits per heavy atom. The van der Waals surface area contributed by atoms with Crippen molar-refractivity contribution in [3.63, 3.8) is 0 Å². The van der Waals surface area contributed by atoms with Gasteiger partial charge in [0.2, 0.25) is 5.91 Å². The zero-order chi connectivity index (χ0) is 24.9. The summed E-state index contributed by atoms with van der Waals surface area (Å²) in [4.78, 5) is 31.4. The third kappa shape index (κ3) is 6.21. The predicted molar refractivity (Wildman–Crippen MR) is 137 cm³/mol. The van der Waals surface area contributed by atoms with Crippen LogP contribution in [0.3, 0.4) is 0 Å². The number of hydrogen-bond acceptors (Lipinski definition) is 4. The van der Waals surface area contributed by atoms with Gasteiger partial charge in [-0.1, -0.05) is 25.4 Å². The van der Waals surface area contributed by atoms with E-state index in [1.807, 2.05) is 30.2 Å². The summed E-state index contributed by atoms with van der Waals surface area (Å²) >= 11 is 7.67. The third-order valence-electron chi connectivity index (χ3n) is 5.93. The van der Waals surface area contributed by atoms with E-state index in [1.165, 1.54) is 29.1 Å². The van der Waals surface area contributed by atoms with Crippen molar-refractivity contribution in [3.05, 3.63) is 86.8 Å². The Labute approximate surface area is 214 Å². The predicted octanol–water partition coefficient (Wildman–Crippen LogP) is 5.84. The SMILES string of the molecule is CC(C)CN(CC(=O)N1CCc2sccc2[C@H]1COc1ccc(Cl)cc1)C(=O)c1ccc(F)cc1. The summed E-state index contributed by atoms with van der Waals surface area (Å²) < 4.78 is 19.4. The van der Waals surface area contributed by atoms with Gasteiger partial charge in [-0.2, -0.15) is 0 Å². The van der Waals surface area contributed by atoms with Crippen LogP contribution in [-0.4, -0.2) is 47.9 Å². The zero-order valence-electron chi connectivity index (χ0n) is 19.7. The summed E-state index contributed by atoms with van der Waals surface area (Å²) in [7, 11) is 0. The van der Waals surface area contributed by atoms with Crippen LogP contribution in [0.25, 0.3) is 0 Å². The van der Waals surface area contributed by atoms with Gasteiger partial charge in [-0.05, 0) is 77.9 Å². The first-order chi connectivity index (χ1) is 16.8. The van der Waals surface area contributed by atoms with Gasteiger partial charge in [-0.15, -0.1) is 11.3 Å². The second-order valence-electron chi connectivity index (χ2n) is 9.00. The lowest BCUT2D eigenvalue weighted by atomic mass is 10.00. The molecule has 2 amide bonds. The molecule has 2 heterocycles. The van der Waals surface area contributed by atoms with Crippen LogP contribution in [0.15, 0.2) is 60.0 Å². The van der Waals surface area contributed by atoms with Crippen LogP contribution < -0.4 is 4.74 Å². The van der Waals surface area contributed by atoms with Crippen LogP contribution in [0, 0.1) is 11.7 Å². The highest BCUT2D eigenvalue weighted by atomic mass is 35.5. The van der Waals surface area contributed by atoms with Crippen molar-refractivity contribution in [2.24, 2.45) is 5.92 Å². The largest absolute Gasteiger partial charge is 0.491 e. The summed E-state index contributed by atoms with van der Waals surface area (Å²) in [5.74, 6) is 0.0199. The van der Waals surface area contributed by atoms with Crippen molar-refractivity contribution in [1.29, 1.82) is 0 Å². The van der Waals surface area contributed by atoms with E-state index in [9.17, 15) is 14.0 Å². The molecule has 0 unspecified atom stereocenters. The number of rotatable bonds is 8. The lowest BCUT2D eigenvalue weighted by molar-refractivity contribution is -0.135. The van der Waals surface area contributed by atoms with Crippen LogP contribution in [0.5, 0.6) is 5.75 Å². The van der Waals surface area contributed by atoms with Crippen LogP contribution in [0.2, 0.25) is 5.02 Å². The number of carbonyl (C=O) groups excluding carboxylic acids is 2. The summed E-state index contributed by atoms with van der Waals surface area (Å²) in [6.45, 7) is 5.22. The molecule has 1 atom stereocenters. The van der Waals surface area contributed by atoms with Crippen LogP contribution in [-0.2, 0) is 11.2 Å². The van der Waals surface area contributed by atoms with Gasteiger partial charge < -0.3 is 14.5 Å². The second-order valence-corrected chi connectivity index (χ2v) is 10.4. The maximum Gasteiger partial charge on any atom is 0.254 e. The quantitative estimate of drug-likeness (QED) is 0.379. The first-order valence-electron chi connectivity index (χ1n) is 11.6. The molecule has 0 aliphatic carbocycles. The second kappa shape index (κ2) is 11.2. The average Bonchev–Trinajstić information content (AvgIpc) is 3.32. The molecule has 0 fully saturated rings. The summed E-state index contributed by atoms with van der Waals surface area (Å²) in [6, 6.07) is 14.4. The maximum atomic E-state index is 13.6. The molecule has 4 rings (SSSR count). The molecule has 3 aromatic rings. The van der Waals surface area contributed by atoms with Gasteiger partial charge in [0.05, 0.1) is 6.04 Å². The van der Waals surface area contributed by atoms with Crippen molar-refractivity contribution < 1.29 is 18.7 Å². The van der Waals surface area contributed by atoms with Crippen molar-refractivity contribution in [1.82, 2.24) is 9.80 Å². The topological polar surface area (TPSA) is 49.9 Å². The number of ether oxygens (including phenoxy) is 1. The molecular formula is C27H28ClFN2O3S. The summed E-state index contributed by atoms with van der Waals surface area (Å²) in [5.41, 5.74) is 1.45. The molecule has 0 bridgehead atoms. The van der Waals surface area contributed by atoms with E-state index in [0.29, 0.717) is 36.0 Å². The maximum absolute atomic E-state index is 13.6. The fourth-order valence-electron chi connectivity index (χ4n) is 4.27. The molecule has 0 radical (unpaired) electrons. The van der Waals surface area contributed by atoms with Crippen LogP contribution >= 0.6 is 22.9 Å². The van der Waals surface area contributed by atoms with Crippen molar-refractivity contribution >= 4 is 34.8 Å². The molecule has 1 aliphatic rings. The van der Waals surface area contributed by atoms with E-state index in [-0.39, 0.29) is 30.3 Å². The minimum absolute atomic E-state index is 0.0503. The number of benzene rings is 2. The summed E-state index contributed by atoms with van der Waals surface area (Å²) in [6.07, 6.45) is 0.770. The molecule has 1 aliphatic heterocycles. The monoisotopic (exact) mass is 514 g/mol. The number of thiophene rings is 1. The van der Waals surface area contributed by atoms with Crippen molar-refractivity contribution in [2.45, 2.75) is 26.3 Å². The van der Waals surface area contributed by atoms with Gasteiger partial charge in [0, 0.05) is 28.6 Å². The average molecular weight is 515 g/mol. The fraction of sp³-hybridized carbons (Fsp3) is 0.333. The Balaban J connectivity index is 1.52. The van der Waals surface area contributed by atoms with Crippen LogP contribution in [0.1, 0.15) is 40.7 Å². The number of fused-ring (bicyclic) bond motifs is 1. The smallest absolute Gasteiger partial charge is 0.254 e.